The van der Waals surface area contributed by atoms with Crippen LogP contribution in [0.5, 0.6) is 0 Å². The number of rotatable bonds is 3. The molecule has 3 aromatic rings. The summed E-state index contributed by atoms with van der Waals surface area (Å²) in [5.41, 5.74) is 2.53. The lowest BCUT2D eigenvalue weighted by atomic mass is 10.1. The largest absolute Gasteiger partial charge is 0.334 e. The van der Waals surface area contributed by atoms with Gasteiger partial charge in [0.25, 0.3) is 5.91 Å². The van der Waals surface area contributed by atoms with Crippen LogP contribution in [0, 0.1) is 0 Å². The lowest BCUT2D eigenvalue weighted by molar-refractivity contribution is 0.0669. The minimum absolute atomic E-state index is 0.0623. The molecule has 0 spiro atoms. The molecule has 0 radical (unpaired) electrons. The average Bonchev–Trinajstić information content (AvgIpc) is 3.18. The van der Waals surface area contributed by atoms with Gasteiger partial charge in [-0.15, -0.1) is 0 Å². The Morgan fingerprint density at radius 1 is 1.00 bits per heavy atom. The molecule has 1 saturated heterocycles. The number of nitrogens with one attached hydrogen (secondary N) is 1. The third-order valence-corrected chi connectivity index (χ3v) is 5.87. The number of carbonyl (C=O) groups is 2. The highest BCUT2D eigenvalue weighted by atomic mass is 32.1. The van der Waals surface area contributed by atoms with Crippen LogP contribution in [0.4, 0.5) is 10.5 Å². The van der Waals surface area contributed by atoms with Gasteiger partial charge in [-0.3, -0.25) is 4.79 Å². The molecule has 0 bridgehead atoms. The summed E-state index contributed by atoms with van der Waals surface area (Å²) < 4.78 is 5.36. The first-order valence-electron chi connectivity index (χ1n) is 9.44. The van der Waals surface area contributed by atoms with Gasteiger partial charge in [0.1, 0.15) is 5.69 Å². The summed E-state index contributed by atoms with van der Waals surface area (Å²) in [6.45, 7) is 4.13. The van der Waals surface area contributed by atoms with Gasteiger partial charge in [0.15, 0.2) is 0 Å². The first kappa shape index (κ1) is 18.4. The van der Waals surface area contributed by atoms with Crippen molar-refractivity contribution in [2.75, 3.05) is 31.5 Å². The van der Waals surface area contributed by atoms with Crippen molar-refractivity contribution in [2.24, 2.45) is 0 Å². The normalized spacial score (nSPS) is 14.3. The van der Waals surface area contributed by atoms with Crippen LogP contribution in [-0.4, -0.2) is 52.3 Å². The molecule has 0 aliphatic carbocycles. The number of carbonyl (C=O) groups excluding carboxylic acids is 2. The van der Waals surface area contributed by atoms with Gasteiger partial charge in [-0.2, -0.15) is 4.37 Å². The smallest absolute Gasteiger partial charge is 0.321 e. The third-order valence-electron chi connectivity index (χ3n) is 5.05. The predicted molar refractivity (Wildman–Crippen MR) is 112 cm³/mol. The Labute approximate surface area is 167 Å². The molecule has 0 saturated carbocycles. The van der Waals surface area contributed by atoms with Crippen LogP contribution in [0.1, 0.15) is 23.0 Å². The van der Waals surface area contributed by atoms with E-state index in [1.54, 1.807) is 9.80 Å². The zero-order valence-corrected chi connectivity index (χ0v) is 16.5. The fourth-order valence-corrected chi connectivity index (χ4v) is 4.10. The number of aromatic nitrogens is 1. The van der Waals surface area contributed by atoms with Crippen molar-refractivity contribution in [1.82, 2.24) is 14.2 Å². The molecular weight excluding hydrogens is 372 g/mol. The molecule has 1 aliphatic heterocycles. The van der Waals surface area contributed by atoms with Crippen LogP contribution < -0.4 is 5.32 Å². The number of benzene rings is 2. The lowest BCUT2D eigenvalue weighted by Gasteiger charge is -2.34. The van der Waals surface area contributed by atoms with Gasteiger partial charge in [-0.25, -0.2) is 4.79 Å². The molecule has 6 nitrogen and oxygen atoms in total. The molecule has 1 N–H and O–H groups in total. The molecule has 144 valence electrons. The number of hydrogen-bond donors (Lipinski definition) is 1. The molecule has 4 rings (SSSR count). The van der Waals surface area contributed by atoms with Gasteiger partial charge >= 0.3 is 6.03 Å². The number of fused-ring (bicyclic) bond motifs is 1. The number of hydrogen-bond acceptors (Lipinski definition) is 4. The van der Waals surface area contributed by atoms with Crippen molar-refractivity contribution >= 4 is 39.2 Å². The second kappa shape index (κ2) is 7.98. The number of piperazine rings is 1. The van der Waals surface area contributed by atoms with E-state index in [4.69, 9.17) is 0 Å². The Hall–Kier alpha value is -2.93. The van der Waals surface area contributed by atoms with E-state index >= 15 is 0 Å². The van der Waals surface area contributed by atoms with Gasteiger partial charge in [-0.05, 0) is 41.7 Å². The molecule has 2 aromatic carbocycles. The molecular formula is C21H22N4O2S. The molecule has 0 atom stereocenters. The Morgan fingerprint density at radius 3 is 2.39 bits per heavy atom. The van der Waals surface area contributed by atoms with Gasteiger partial charge in [0, 0.05) is 37.3 Å². The van der Waals surface area contributed by atoms with E-state index in [0.29, 0.717) is 31.9 Å². The molecule has 3 amide bonds. The van der Waals surface area contributed by atoms with Crippen molar-refractivity contribution in [3.05, 3.63) is 59.8 Å². The fraction of sp³-hybridized carbons (Fsp3) is 0.286. The Morgan fingerprint density at radius 2 is 1.68 bits per heavy atom. The van der Waals surface area contributed by atoms with Crippen molar-refractivity contribution in [3.63, 3.8) is 0 Å². The van der Waals surface area contributed by atoms with E-state index in [2.05, 4.69) is 16.6 Å². The highest BCUT2D eigenvalue weighted by Crippen LogP contribution is 2.23. The highest BCUT2D eigenvalue weighted by Gasteiger charge is 2.27. The van der Waals surface area contributed by atoms with Gasteiger partial charge in [0.05, 0.1) is 4.70 Å². The maximum atomic E-state index is 12.9. The van der Waals surface area contributed by atoms with E-state index < -0.39 is 0 Å². The average molecular weight is 395 g/mol. The summed E-state index contributed by atoms with van der Waals surface area (Å²) in [5.74, 6) is -0.0623. The van der Waals surface area contributed by atoms with E-state index in [9.17, 15) is 9.59 Å². The first-order valence-corrected chi connectivity index (χ1v) is 10.2. The molecule has 0 unspecified atom stereocenters. The number of amides is 3. The molecule has 7 heteroatoms. The van der Waals surface area contributed by atoms with Crippen LogP contribution in [-0.2, 0) is 6.42 Å². The molecule has 2 heterocycles. The van der Waals surface area contributed by atoms with Crippen molar-refractivity contribution in [2.45, 2.75) is 13.3 Å². The van der Waals surface area contributed by atoms with Crippen molar-refractivity contribution in [3.8, 4) is 0 Å². The van der Waals surface area contributed by atoms with Gasteiger partial charge in [0.2, 0.25) is 0 Å². The number of anilines is 1. The highest BCUT2D eigenvalue weighted by molar-refractivity contribution is 7.13. The standard InChI is InChI=1S/C21H22N4O2S/c1-2-15-7-9-16(10-8-15)22-21(27)25-13-11-24(12-14-25)20(26)19-17-5-3-4-6-18(17)28-23-19/h3-10H,2,11-14H2,1H3,(H,22,27). The summed E-state index contributed by atoms with van der Waals surface area (Å²) >= 11 is 1.34. The predicted octanol–water partition coefficient (Wildman–Crippen LogP) is 3.85. The summed E-state index contributed by atoms with van der Waals surface area (Å²) in [7, 11) is 0. The Bertz CT molecular complexity index is 991. The summed E-state index contributed by atoms with van der Waals surface area (Å²) in [5, 5.41) is 3.83. The van der Waals surface area contributed by atoms with Gasteiger partial charge < -0.3 is 15.1 Å². The van der Waals surface area contributed by atoms with E-state index in [1.807, 2.05) is 48.5 Å². The van der Waals surface area contributed by atoms with E-state index in [-0.39, 0.29) is 11.9 Å². The molecule has 1 fully saturated rings. The van der Waals surface area contributed by atoms with Crippen molar-refractivity contribution < 1.29 is 9.59 Å². The zero-order valence-electron chi connectivity index (χ0n) is 15.7. The van der Waals surface area contributed by atoms with E-state index in [1.165, 1.54) is 17.1 Å². The maximum Gasteiger partial charge on any atom is 0.321 e. The SMILES string of the molecule is CCc1ccc(NC(=O)N2CCN(C(=O)c3nsc4ccccc34)CC2)cc1. The van der Waals surface area contributed by atoms with Crippen LogP contribution in [0.15, 0.2) is 48.5 Å². The number of aryl methyl sites for hydroxylation is 1. The van der Waals surface area contributed by atoms with Crippen LogP contribution in [0.2, 0.25) is 0 Å². The van der Waals surface area contributed by atoms with Crippen LogP contribution in [0.25, 0.3) is 10.1 Å². The van der Waals surface area contributed by atoms with E-state index in [0.717, 1.165) is 22.2 Å². The minimum Gasteiger partial charge on any atom is -0.334 e. The Balaban J connectivity index is 1.36. The fourth-order valence-electron chi connectivity index (χ4n) is 3.33. The zero-order chi connectivity index (χ0) is 19.5. The second-order valence-corrected chi connectivity index (χ2v) is 7.59. The first-order chi connectivity index (χ1) is 13.7. The topological polar surface area (TPSA) is 65.5 Å². The van der Waals surface area contributed by atoms with Crippen molar-refractivity contribution in [1.29, 1.82) is 0 Å². The second-order valence-electron chi connectivity index (χ2n) is 6.79. The van der Waals surface area contributed by atoms with Crippen LogP contribution >= 0.6 is 11.5 Å². The number of nitrogens with zero attached hydrogens (tertiary/aromatic N) is 3. The summed E-state index contributed by atoms with van der Waals surface area (Å²) in [4.78, 5) is 28.9. The quantitative estimate of drug-likeness (QED) is 0.734. The molecule has 1 aromatic heterocycles. The number of urea groups is 1. The molecule has 28 heavy (non-hydrogen) atoms. The summed E-state index contributed by atoms with van der Waals surface area (Å²) in [6, 6.07) is 15.5. The van der Waals surface area contributed by atoms with Gasteiger partial charge in [-0.1, -0.05) is 37.3 Å². The monoisotopic (exact) mass is 394 g/mol. The van der Waals surface area contributed by atoms with Crippen LogP contribution in [0.3, 0.4) is 0 Å². The summed E-state index contributed by atoms with van der Waals surface area (Å²) in [6.07, 6.45) is 0.971. The lowest BCUT2D eigenvalue weighted by Crippen LogP contribution is -2.51. The maximum absolute atomic E-state index is 12.9. The Kier molecular flexibility index (Phi) is 5.25. The minimum atomic E-state index is -0.129. The molecule has 1 aliphatic rings. The third kappa shape index (κ3) is 3.71.